The maximum Gasteiger partial charge on any atom is 0.573 e. The summed E-state index contributed by atoms with van der Waals surface area (Å²) in [6.07, 6.45) is -4.89. The van der Waals surface area contributed by atoms with Crippen LogP contribution in [0.5, 0.6) is 5.75 Å². The highest BCUT2D eigenvalue weighted by atomic mass is 19.4. The van der Waals surface area contributed by atoms with E-state index < -0.39 is 23.6 Å². The van der Waals surface area contributed by atoms with Crippen LogP contribution in [-0.4, -0.2) is 6.36 Å². The van der Waals surface area contributed by atoms with E-state index in [-0.39, 0.29) is 11.1 Å². The van der Waals surface area contributed by atoms with Crippen LogP contribution in [0.4, 0.5) is 22.0 Å². The largest absolute Gasteiger partial charge is 0.573 e. The van der Waals surface area contributed by atoms with E-state index in [1.54, 1.807) is 6.07 Å². The number of alkyl halides is 5. The predicted octanol–water partition coefficient (Wildman–Crippen LogP) is 5.39. The molecule has 2 rings (SSSR count). The molecule has 0 amide bonds. The van der Waals surface area contributed by atoms with E-state index >= 15 is 0 Å². The molecule has 116 valence electrons. The zero-order chi connectivity index (χ0) is 16.4. The Labute approximate surface area is 123 Å². The van der Waals surface area contributed by atoms with Crippen LogP contribution in [0.1, 0.15) is 11.1 Å². The Hall–Kier alpha value is -2.37. The molecule has 0 unspecified atom stereocenters. The van der Waals surface area contributed by atoms with Gasteiger partial charge in [0.05, 0.1) is 0 Å². The molecule has 0 heterocycles. The number of halogens is 5. The molecule has 0 aliphatic rings. The molecule has 0 saturated heterocycles. The average molecular weight is 314 g/mol. The SMILES string of the molecule is C=C(c1cccc(OC(F)(F)F)c1)C(F)(F)c1ccccc1. The summed E-state index contributed by atoms with van der Waals surface area (Å²) < 4.78 is 69.0. The third-order valence-electron chi connectivity index (χ3n) is 2.93. The van der Waals surface area contributed by atoms with Crippen molar-refractivity contribution >= 4 is 5.57 Å². The Morgan fingerprint density at radius 2 is 1.50 bits per heavy atom. The molecular formula is C16H11F5O. The summed E-state index contributed by atoms with van der Waals surface area (Å²) in [5.74, 6) is -3.98. The van der Waals surface area contributed by atoms with Crippen molar-refractivity contribution in [3.05, 3.63) is 72.3 Å². The van der Waals surface area contributed by atoms with E-state index in [9.17, 15) is 22.0 Å². The summed E-state index contributed by atoms with van der Waals surface area (Å²) >= 11 is 0. The fourth-order valence-electron chi connectivity index (χ4n) is 1.88. The molecule has 0 bridgehead atoms. The van der Waals surface area contributed by atoms with Crippen molar-refractivity contribution in [2.24, 2.45) is 0 Å². The third-order valence-corrected chi connectivity index (χ3v) is 2.93. The second kappa shape index (κ2) is 5.79. The highest BCUT2D eigenvalue weighted by Crippen LogP contribution is 2.41. The zero-order valence-electron chi connectivity index (χ0n) is 11.2. The molecule has 0 fully saturated rings. The van der Waals surface area contributed by atoms with E-state index in [2.05, 4.69) is 11.3 Å². The van der Waals surface area contributed by atoms with Crippen molar-refractivity contribution in [1.29, 1.82) is 0 Å². The van der Waals surface area contributed by atoms with E-state index in [1.807, 2.05) is 0 Å². The van der Waals surface area contributed by atoms with Crippen molar-refractivity contribution in [3.8, 4) is 5.75 Å². The van der Waals surface area contributed by atoms with Crippen LogP contribution in [-0.2, 0) is 5.92 Å². The highest BCUT2D eigenvalue weighted by Gasteiger charge is 2.36. The van der Waals surface area contributed by atoms with Crippen LogP contribution < -0.4 is 4.74 Å². The monoisotopic (exact) mass is 314 g/mol. The minimum Gasteiger partial charge on any atom is -0.406 e. The van der Waals surface area contributed by atoms with Crippen molar-refractivity contribution in [1.82, 2.24) is 0 Å². The van der Waals surface area contributed by atoms with Crippen LogP contribution in [0.25, 0.3) is 5.57 Å². The second-order valence-electron chi connectivity index (χ2n) is 4.49. The van der Waals surface area contributed by atoms with E-state index in [0.29, 0.717) is 0 Å². The molecule has 0 atom stereocenters. The lowest BCUT2D eigenvalue weighted by atomic mass is 9.95. The average Bonchev–Trinajstić information content (AvgIpc) is 2.46. The molecule has 2 aromatic carbocycles. The summed E-state index contributed by atoms with van der Waals surface area (Å²) in [7, 11) is 0. The van der Waals surface area contributed by atoms with Crippen molar-refractivity contribution in [3.63, 3.8) is 0 Å². The standard InChI is InChI=1S/C16H11F5O/c1-11(15(17,18)13-7-3-2-4-8-13)12-6-5-9-14(10-12)22-16(19,20)21/h2-10H,1H2. The summed E-state index contributed by atoms with van der Waals surface area (Å²) in [5.41, 5.74) is -1.02. The van der Waals surface area contributed by atoms with Gasteiger partial charge in [0, 0.05) is 11.1 Å². The van der Waals surface area contributed by atoms with Gasteiger partial charge in [0.2, 0.25) is 0 Å². The summed E-state index contributed by atoms with van der Waals surface area (Å²) in [6.45, 7) is 3.32. The van der Waals surface area contributed by atoms with Gasteiger partial charge >= 0.3 is 6.36 Å². The Morgan fingerprint density at radius 1 is 0.864 bits per heavy atom. The fraction of sp³-hybridized carbons (Fsp3) is 0.125. The van der Waals surface area contributed by atoms with Gasteiger partial charge in [-0.25, -0.2) is 0 Å². The van der Waals surface area contributed by atoms with Crippen LogP contribution in [0.15, 0.2) is 61.2 Å². The van der Waals surface area contributed by atoms with Gasteiger partial charge in [-0.05, 0) is 17.7 Å². The van der Waals surface area contributed by atoms with Gasteiger partial charge < -0.3 is 4.74 Å². The molecule has 0 aliphatic carbocycles. The number of rotatable bonds is 4. The first kappa shape index (κ1) is 16.0. The van der Waals surface area contributed by atoms with E-state index in [0.717, 1.165) is 12.1 Å². The molecule has 2 aromatic rings. The molecule has 0 spiro atoms. The lowest BCUT2D eigenvalue weighted by molar-refractivity contribution is -0.274. The molecule has 0 radical (unpaired) electrons. The number of allylic oxidation sites excluding steroid dienone is 1. The van der Waals surface area contributed by atoms with Crippen molar-refractivity contribution in [2.45, 2.75) is 12.3 Å². The first-order chi connectivity index (χ1) is 10.2. The first-order valence-electron chi connectivity index (χ1n) is 6.19. The molecular weight excluding hydrogens is 303 g/mol. The maximum absolute atomic E-state index is 14.3. The van der Waals surface area contributed by atoms with Crippen LogP contribution in [0.2, 0.25) is 0 Å². The summed E-state index contributed by atoms with van der Waals surface area (Å²) in [5, 5.41) is 0. The smallest absolute Gasteiger partial charge is 0.406 e. The van der Waals surface area contributed by atoms with Gasteiger partial charge in [-0.15, -0.1) is 13.2 Å². The fourth-order valence-corrected chi connectivity index (χ4v) is 1.88. The topological polar surface area (TPSA) is 9.23 Å². The first-order valence-corrected chi connectivity index (χ1v) is 6.19. The van der Waals surface area contributed by atoms with Gasteiger partial charge in [-0.3, -0.25) is 0 Å². The maximum atomic E-state index is 14.3. The van der Waals surface area contributed by atoms with Crippen LogP contribution in [0.3, 0.4) is 0 Å². The molecule has 22 heavy (non-hydrogen) atoms. The van der Waals surface area contributed by atoms with Crippen LogP contribution in [0, 0.1) is 0 Å². The predicted molar refractivity (Wildman–Crippen MR) is 72.5 cm³/mol. The molecule has 0 N–H and O–H groups in total. The van der Waals surface area contributed by atoms with Crippen LogP contribution >= 0.6 is 0 Å². The van der Waals surface area contributed by atoms with Gasteiger partial charge in [-0.1, -0.05) is 49.0 Å². The molecule has 0 aromatic heterocycles. The van der Waals surface area contributed by atoms with Gasteiger partial charge in [0.25, 0.3) is 5.92 Å². The van der Waals surface area contributed by atoms with Gasteiger partial charge in [0.15, 0.2) is 0 Å². The number of ether oxygens (including phenoxy) is 1. The Bertz CT molecular complexity index is 662. The normalized spacial score (nSPS) is 12.0. The Morgan fingerprint density at radius 3 is 2.09 bits per heavy atom. The summed E-state index contributed by atoms with van der Waals surface area (Å²) in [4.78, 5) is 0. The third kappa shape index (κ3) is 3.63. The minimum absolute atomic E-state index is 0.129. The quantitative estimate of drug-likeness (QED) is 0.687. The summed E-state index contributed by atoms with van der Waals surface area (Å²) in [6, 6.07) is 11.3. The second-order valence-corrected chi connectivity index (χ2v) is 4.49. The molecule has 0 saturated carbocycles. The number of hydrogen-bond donors (Lipinski definition) is 0. The van der Waals surface area contributed by atoms with E-state index in [4.69, 9.17) is 0 Å². The van der Waals surface area contributed by atoms with Crippen molar-refractivity contribution in [2.75, 3.05) is 0 Å². The molecule has 6 heteroatoms. The minimum atomic E-state index is -4.89. The zero-order valence-corrected chi connectivity index (χ0v) is 11.2. The Balaban J connectivity index is 2.32. The van der Waals surface area contributed by atoms with Crippen molar-refractivity contribution < 1.29 is 26.7 Å². The lowest BCUT2D eigenvalue weighted by Gasteiger charge is -2.20. The Kier molecular flexibility index (Phi) is 4.21. The highest BCUT2D eigenvalue weighted by molar-refractivity contribution is 5.71. The molecule has 1 nitrogen and oxygen atoms in total. The molecule has 0 aliphatic heterocycles. The van der Waals surface area contributed by atoms with E-state index in [1.165, 1.54) is 36.4 Å². The number of benzene rings is 2. The van der Waals surface area contributed by atoms with Gasteiger partial charge in [-0.2, -0.15) is 8.78 Å². The lowest BCUT2D eigenvalue weighted by Crippen LogP contribution is -2.18. The van der Waals surface area contributed by atoms with Gasteiger partial charge in [0.1, 0.15) is 5.75 Å². The number of hydrogen-bond acceptors (Lipinski definition) is 1.